The van der Waals surface area contributed by atoms with Crippen LogP contribution in [0.15, 0.2) is 12.3 Å². The van der Waals surface area contributed by atoms with Gasteiger partial charge in [-0.2, -0.15) is 0 Å². The molecule has 0 aliphatic carbocycles. The molecule has 0 atom stereocenters. The maximum Gasteiger partial charge on any atom is 0.354 e. The molecule has 0 aliphatic heterocycles. The van der Waals surface area contributed by atoms with E-state index in [0.29, 0.717) is 0 Å². The minimum atomic E-state index is -0.983. The highest BCUT2D eigenvalue weighted by atomic mass is 127. The molecule has 0 bridgehead atoms. The van der Waals surface area contributed by atoms with E-state index in [0.717, 1.165) is 9.13 Å². The quantitative estimate of drug-likeness (QED) is 0.784. The SMILES string of the molecule is Cc1cnc(C(=O)O)cc1I. The zero-order chi connectivity index (χ0) is 8.43. The molecule has 0 amide bonds. The number of hydrogen-bond acceptors (Lipinski definition) is 2. The van der Waals surface area contributed by atoms with Crippen LogP contribution in [0.5, 0.6) is 0 Å². The van der Waals surface area contributed by atoms with E-state index in [1.165, 1.54) is 0 Å². The van der Waals surface area contributed by atoms with Gasteiger partial charge in [0.05, 0.1) is 0 Å². The summed E-state index contributed by atoms with van der Waals surface area (Å²) in [6, 6.07) is 1.55. The number of carboxylic acids is 1. The van der Waals surface area contributed by atoms with Crippen LogP contribution in [0.3, 0.4) is 0 Å². The first-order chi connectivity index (χ1) is 5.11. The first kappa shape index (κ1) is 8.45. The third kappa shape index (κ3) is 1.89. The number of aromatic carboxylic acids is 1. The predicted octanol–water partition coefficient (Wildman–Crippen LogP) is 1.69. The van der Waals surface area contributed by atoms with Gasteiger partial charge in [0.2, 0.25) is 0 Å². The van der Waals surface area contributed by atoms with E-state index >= 15 is 0 Å². The normalized spacial score (nSPS) is 9.64. The van der Waals surface area contributed by atoms with Gasteiger partial charge in [-0.15, -0.1) is 0 Å². The molecule has 0 saturated heterocycles. The fraction of sp³-hybridized carbons (Fsp3) is 0.143. The molecule has 1 aromatic heterocycles. The standard InChI is InChI=1S/C7H6INO2/c1-4-3-9-6(7(10)11)2-5(4)8/h2-3H,1H3,(H,10,11). The summed E-state index contributed by atoms with van der Waals surface area (Å²) in [5.41, 5.74) is 1.09. The third-order valence-corrected chi connectivity index (χ3v) is 2.42. The summed E-state index contributed by atoms with van der Waals surface area (Å²) in [4.78, 5) is 14.1. The first-order valence-electron chi connectivity index (χ1n) is 2.96. The topological polar surface area (TPSA) is 50.2 Å². The Morgan fingerprint density at radius 1 is 1.73 bits per heavy atom. The van der Waals surface area contributed by atoms with E-state index in [1.54, 1.807) is 12.3 Å². The highest BCUT2D eigenvalue weighted by Gasteiger charge is 2.04. The van der Waals surface area contributed by atoms with Crippen LogP contribution in [0, 0.1) is 10.5 Å². The summed E-state index contributed by atoms with van der Waals surface area (Å²) in [7, 11) is 0. The van der Waals surface area contributed by atoms with Crippen LogP contribution in [0.1, 0.15) is 16.1 Å². The van der Waals surface area contributed by atoms with Crippen LogP contribution in [-0.2, 0) is 0 Å². The Bertz CT molecular complexity index is 298. The second kappa shape index (κ2) is 3.17. The Kier molecular flexibility index (Phi) is 2.43. The van der Waals surface area contributed by atoms with Crippen LogP contribution in [0.25, 0.3) is 0 Å². The molecule has 1 N–H and O–H groups in total. The Morgan fingerprint density at radius 3 is 2.82 bits per heavy atom. The molecule has 11 heavy (non-hydrogen) atoms. The van der Waals surface area contributed by atoms with Crippen molar-refractivity contribution in [2.24, 2.45) is 0 Å². The highest BCUT2D eigenvalue weighted by Crippen LogP contribution is 2.10. The first-order valence-corrected chi connectivity index (χ1v) is 4.04. The van der Waals surface area contributed by atoms with Crippen molar-refractivity contribution >= 4 is 28.6 Å². The number of aryl methyl sites for hydroxylation is 1. The summed E-state index contributed by atoms with van der Waals surface area (Å²) >= 11 is 2.08. The van der Waals surface area contributed by atoms with Crippen LogP contribution >= 0.6 is 22.6 Å². The lowest BCUT2D eigenvalue weighted by Gasteiger charge is -1.97. The Balaban J connectivity index is 3.15. The summed E-state index contributed by atoms with van der Waals surface area (Å²) in [5.74, 6) is -0.983. The van der Waals surface area contributed by atoms with Crippen LogP contribution < -0.4 is 0 Å². The number of pyridine rings is 1. The lowest BCUT2D eigenvalue weighted by atomic mass is 10.3. The van der Waals surface area contributed by atoms with Crippen LogP contribution in [-0.4, -0.2) is 16.1 Å². The number of carboxylic acid groups (broad SMARTS) is 1. The van der Waals surface area contributed by atoms with Crippen molar-refractivity contribution in [3.8, 4) is 0 Å². The molecule has 0 saturated carbocycles. The van der Waals surface area contributed by atoms with E-state index in [4.69, 9.17) is 5.11 Å². The molecule has 58 valence electrons. The lowest BCUT2D eigenvalue weighted by Crippen LogP contribution is -2.00. The number of carbonyl (C=O) groups is 1. The van der Waals surface area contributed by atoms with Crippen molar-refractivity contribution in [2.45, 2.75) is 6.92 Å². The molecule has 0 aromatic carbocycles. The van der Waals surface area contributed by atoms with Gasteiger partial charge in [0.15, 0.2) is 0 Å². The molecule has 3 nitrogen and oxygen atoms in total. The number of halogens is 1. The molecule has 0 aliphatic rings. The Morgan fingerprint density at radius 2 is 2.36 bits per heavy atom. The van der Waals surface area contributed by atoms with E-state index in [9.17, 15) is 4.79 Å². The largest absolute Gasteiger partial charge is 0.477 e. The average molecular weight is 263 g/mol. The number of hydrogen-bond donors (Lipinski definition) is 1. The molecular formula is C7H6INO2. The zero-order valence-corrected chi connectivity index (χ0v) is 7.99. The second-order valence-corrected chi connectivity index (χ2v) is 3.29. The van der Waals surface area contributed by atoms with Crippen molar-refractivity contribution in [3.63, 3.8) is 0 Å². The maximum absolute atomic E-state index is 10.4. The minimum Gasteiger partial charge on any atom is -0.477 e. The lowest BCUT2D eigenvalue weighted by molar-refractivity contribution is 0.0690. The highest BCUT2D eigenvalue weighted by molar-refractivity contribution is 14.1. The van der Waals surface area contributed by atoms with E-state index in [2.05, 4.69) is 27.6 Å². The van der Waals surface area contributed by atoms with Crippen molar-refractivity contribution in [1.29, 1.82) is 0 Å². The van der Waals surface area contributed by atoms with Gasteiger partial charge < -0.3 is 5.11 Å². The van der Waals surface area contributed by atoms with Crippen molar-refractivity contribution in [1.82, 2.24) is 4.98 Å². The molecule has 0 fully saturated rings. The van der Waals surface area contributed by atoms with Crippen LogP contribution in [0.2, 0.25) is 0 Å². The number of rotatable bonds is 1. The van der Waals surface area contributed by atoms with Crippen molar-refractivity contribution < 1.29 is 9.90 Å². The summed E-state index contributed by atoms with van der Waals surface area (Å²) in [6.45, 7) is 1.89. The maximum atomic E-state index is 10.4. The molecule has 0 spiro atoms. The number of nitrogens with zero attached hydrogens (tertiary/aromatic N) is 1. The fourth-order valence-corrected chi connectivity index (χ4v) is 1.05. The summed E-state index contributed by atoms with van der Waals surface area (Å²) < 4.78 is 0.926. The molecule has 1 heterocycles. The van der Waals surface area contributed by atoms with Gasteiger partial charge in [-0.05, 0) is 41.1 Å². The second-order valence-electron chi connectivity index (χ2n) is 2.12. The smallest absolute Gasteiger partial charge is 0.354 e. The zero-order valence-electron chi connectivity index (χ0n) is 5.84. The van der Waals surface area contributed by atoms with E-state index < -0.39 is 5.97 Å². The predicted molar refractivity (Wildman–Crippen MR) is 48.7 cm³/mol. The van der Waals surface area contributed by atoms with E-state index in [1.807, 2.05) is 6.92 Å². The molecule has 1 rings (SSSR count). The van der Waals surface area contributed by atoms with Gasteiger partial charge in [-0.3, -0.25) is 0 Å². The Hall–Kier alpha value is -0.650. The van der Waals surface area contributed by atoms with Gasteiger partial charge >= 0.3 is 5.97 Å². The molecule has 0 radical (unpaired) electrons. The number of aromatic nitrogens is 1. The van der Waals surface area contributed by atoms with Crippen LogP contribution in [0.4, 0.5) is 0 Å². The average Bonchev–Trinajstić information content (AvgIpc) is 1.94. The van der Waals surface area contributed by atoms with Gasteiger partial charge in [-0.1, -0.05) is 0 Å². The third-order valence-electron chi connectivity index (χ3n) is 1.26. The van der Waals surface area contributed by atoms with Gasteiger partial charge in [0.1, 0.15) is 5.69 Å². The van der Waals surface area contributed by atoms with Gasteiger partial charge in [-0.25, -0.2) is 9.78 Å². The minimum absolute atomic E-state index is 0.0972. The van der Waals surface area contributed by atoms with Gasteiger partial charge in [0, 0.05) is 9.77 Å². The summed E-state index contributed by atoms with van der Waals surface area (Å²) in [6.07, 6.45) is 1.56. The fourth-order valence-electron chi connectivity index (χ4n) is 0.616. The summed E-state index contributed by atoms with van der Waals surface area (Å²) in [5, 5.41) is 8.53. The molecule has 0 unspecified atom stereocenters. The van der Waals surface area contributed by atoms with E-state index in [-0.39, 0.29) is 5.69 Å². The Labute approximate surface area is 77.6 Å². The monoisotopic (exact) mass is 263 g/mol. The molecular weight excluding hydrogens is 257 g/mol. The van der Waals surface area contributed by atoms with Crippen molar-refractivity contribution in [2.75, 3.05) is 0 Å². The van der Waals surface area contributed by atoms with Gasteiger partial charge in [0.25, 0.3) is 0 Å². The molecule has 4 heteroatoms. The molecule has 1 aromatic rings. The van der Waals surface area contributed by atoms with Crippen molar-refractivity contribution in [3.05, 3.63) is 27.1 Å².